The van der Waals surface area contributed by atoms with Crippen LogP contribution in [0.3, 0.4) is 0 Å². The molecule has 1 heterocycles. The Kier molecular flexibility index (Phi) is 5.73. The normalized spacial score (nSPS) is 12.2. The van der Waals surface area contributed by atoms with Crippen molar-refractivity contribution in [2.24, 2.45) is 0 Å². The summed E-state index contributed by atoms with van der Waals surface area (Å²) in [6.45, 7) is 0.966. The molecule has 0 aliphatic rings. The fraction of sp³-hybridized carbons (Fsp3) is 0.400. The molecule has 0 aliphatic heterocycles. The number of rotatable bonds is 5. The molecule has 88 valence electrons. The summed E-state index contributed by atoms with van der Waals surface area (Å²) in [6.07, 6.45) is 3.46. The Labute approximate surface area is 107 Å². The van der Waals surface area contributed by atoms with Crippen molar-refractivity contribution < 1.29 is 9.53 Å². The first-order valence-corrected chi connectivity index (χ1v) is 5.88. The van der Waals surface area contributed by atoms with Crippen LogP contribution in [0.4, 0.5) is 0 Å². The minimum absolute atomic E-state index is 0.362. The fourth-order valence-corrected chi connectivity index (χ4v) is 1.72. The van der Waals surface area contributed by atoms with Crippen LogP contribution in [-0.4, -0.2) is 30.0 Å². The molecule has 1 N–H and O–H groups in total. The first-order valence-electron chi connectivity index (χ1n) is 4.65. The average molecular weight is 308 g/mol. The van der Waals surface area contributed by atoms with Crippen molar-refractivity contribution in [1.29, 1.82) is 0 Å². The van der Waals surface area contributed by atoms with Crippen molar-refractivity contribution in [2.75, 3.05) is 13.7 Å². The number of pyridine rings is 1. The molecular formula is C10H12BrClN2O2. The lowest BCUT2D eigenvalue weighted by atomic mass is 10.3. The first kappa shape index (κ1) is 13.4. The molecule has 0 aromatic carbocycles. The standard InChI is InChI=1S/C10H12BrClN2O2/c1-16-10(15)9(12)6-14-4-7-2-8(11)5-13-3-7/h2-3,5,9,14H,4,6H2,1H3. The van der Waals surface area contributed by atoms with Gasteiger partial charge in [-0.2, -0.15) is 0 Å². The van der Waals surface area contributed by atoms with E-state index in [1.807, 2.05) is 6.07 Å². The van der Waals surface area contributed by atoms with Crippen molar-refractivity contribution in [2.45, 2.75) is 11.9 Å². The quantitative estimate of drug-likeness (QED) is 0.665. The number of alkyl halides is 1. The second-order valence-electron chi connectivity index (χ2n) is 3.13. The van der Waals surface area contributed by atoms with Crippen LogP contribution >= 0.6 is 27.5 Å². The first-order chi connectivity index (χ1) is 7.63. The van der Waals surface area contributed by atoms with Crippen LogP contribution in [0.1, 0.15) is 5.56 Å². The lowest BCUT2D eigenvalue weighted by Gasteiger charge is -2.08. The molecular weight excluding hydrogens is 295 g/mol. The predicted octanol–water partition coefficient (Wildman–Crippen LogP) is 1.71. The van der Waals surface area contributed by atoms with Crippen molar-refractivity contribution >= 4 is 33.5 Å². The fourth-order valence-electron chi connectivity index (χ4n) is 1.11. The predicted molar refractivity (Wildman–Crippen MR) is 65.3 cm³/mol. The van der Waals surface area contributed by atoms with E-state index in [0.29, 0.717) is 13.1 Å². The SMILES string of the molecule is COC(=O)C(Cl)CNCc1cncc(Br)c1. The van der Waals surface area contributed by atoms with Gasteiger partial charge in [0.1, 0.15) is 5.38 Å². The minimum atomic E-state index is -0.662. The van der Waals surface area contributed by atoms with Crippen LogP contribution in [0.25, 0.3) is 0 Å². The number of carbonyl (C=O) groups excluding carboxylic acids is 1. The molecule has 6 heteroatoms. The molecule has 0 spiro atoms. The number of esters is 1. The molecule has 1 aromatic rings. The zero-order chi connectivity index (χ0) is 12.0. The molecule has 0 saturated carbocycles. The van der Waals surface area contributed by atoms with Gasteiger partial charge in [-0.05, 0) is 27.6 Å². The third-order valence-corrected chi connectivity index (χ3v) is 2.64. The zero-order valence-electron chi connectivity index (χ0n) is 8.74. The second kappa shape index (κ2) is 6.83. The summed E-state index contributed by atoms with van der Waals surface area (Å²) < 4.78 is 5.42. The van der Waals surface area contributed by atoms with Gasteiger partial charge in [0, 0.05) is 30.0 Å². The van der Waals surface area contributed by atoms with E-state index in [2.05, 4.69) is 31.0 Å². The maximum absolute atomic E-state index is 11.0. The van der Waals surface area contributed by atoms with Gasteiger partial charge < -0.3 is 10.1 Å². The summed E-state index contributed by atoms with van der Waals surface area (Å²) in [5.41, 5.74) is 1.02. The average Bonchev–Trinajstić information content (AvgIpc) is 2.28. The maximum Gasteiger partial charge on any atom is 0.325 e. The molecule has 0 aliphatic carbocycles. The molecule has 0 fully saturated rings. The molecule has 0 saturated heterocycles. The molecule has 4 nitrogen and oxygen atoms in total. The van der Waals surface area contributed by atoms with Crippen molar-refractivity contribution in [3.05, 3.63) is 28.5 Å². The van der Waals surface area contributed by atoms with E-state index in [9.17, 15) is 4.79 Å². The highest BCUT2D eigenvalue weighted by Gasteiger charge is 2.14. The summed E-state index contributed by atoms with van der Waals surface area (Å²) in [5, 5.41) is 2.39. The number of methoxy groups -OCH3 is 1. The Morgan fingerprint density at radius 1 is 1.69 bits per heavy atom. The van der Waals surface area contributed by atoms with E-state index >= 15 is 0 Å². The smallest absolute Gasteiger partial charge is 0.325 e. The molecule has 0 bridgehead atoms. The molecule has 16 heavy (non-hydrogen) atoms. The third-order valence-electron chi connectivity index (χ3n) is 1.87. The largest absolute Gasteiger partial charge is 0.468 e. The summed E-state index contributed by atoms with van der Waals surface area (Å²) in [7, 11) is 1.32. The molecule has 1 aromatic heterocycles. The number of halogens is 2. The highest BCUT2D eigenvalue weighted by atomic mass is 79.9. The summed E-state index contributed by atoms with van der Waals surface area (Å²) >= 11 is 9.09. The van der Waals surface area contributed by atoms with Crippen molar-refractivity contribution in [3.8, 4) is 0 Å². The van der Waals surface area contributed by atoms with Gasteiger partial charge in [0.15, 0.2) is 0 Å². The van der Waals surface area contributed by atoms with Crippen LogP contribution in [-0.2, 0) is 16.1 Å². The zero-order valence-corrected chi connectivity index (χ0v) is 11.1. The van der Waals surface area contributed by atoms with E-state index in [4.69, 9.17) is 11.6 Å². The topological polar surface area (TPSA) is 51.2 Å². The Hall–Kier alpha value is -0.650. The van der Waals surface area contributed by atoms with E-state index in [1.54, 1.807) is 12.4 Å². The van der Waals surface area contributed by atoms with Crippen LogP contribution < -0.4 is 5.32 Å². The number of carbonyl (C=O) groups is 1. The second-order valence-corrected chi connectivity index (χ2v) is 4.58. The number of hydrogen-bond acceptors (Lipinski definition) is 4. The van der Waals surface area contributed by atoms with Crippen LogP contribution in [0, 0.1) is 0 Å². The summed E-state index contributed by atoms with van der Waals surface area (Å²) in [4.78, 5) is 15.0. The molecule has 0 radical (unpaired) electrons. The van der Waals surface area contributed by atoms with Crippen molar-refractivity contribution in [3.63, 3.8) is 0 Å². The Bertz CT molecular complexity index is 362. The number of aromatic nitrogens is 1. The lowest BCUT2D eigenvalue weighted by molar-refractivity contribution is -0.140. The molecule has 1 atom stereocenters. The maximum atomic E-state index is 11.0. The number of nitrogens with zero attached hydrogens (tertiary/aromatic N) is 1. The van der Waals surface area contributed by atoms with E-state index < -0.39 is 11.3 Å². The Morgan fingerprint density at radius 2 is 2.44 bits per heavy atom. The Morgan fingerprint density at radius 3 is 3.06 bits per heavy atom. The number of nitrogens with one attached hydrogen (secondary N) is 1. The Balaban J connectivity index is 2.33. The van der Waals surface area contributed by atoms with E-state index in [0.717, 1.165) is 10.0 Å². The third kappa shape index (κ3) is 4.47. The summed E-state index contributed by atoms with van der Waals surface area (Å²) in [6, 6.07) is 1.95. The van der Waals surface area contributed by atoms with E-state index in [1.165, 1.54) is 7.11 Å². The van der Waals surface area contributed by atoms with Crippen LogP contribution in [0.2, 0.25) is 0 Å². The van der Waals surface area contributed by atoms with Crippen LogP contribution in [0.15, 0.2) is 22.9 Å². The van der Waals surface area contributed by atoms with Crippen LogP contribution in [0.5, 0.6) is 0 Å². The molecule has 0 amide bonds. The summed E-state index contributed by atoms with van der Waals surface area (Å²) in [5.74, 6) is -0.429. The van der Waals surface area contributed by atoms with Crippen molar-refractivity contribution in [1.82, 2.24) is 10.3 Å². The van der Waals surface area contributed by atoms with Gasteiger partial charge >= 0.3 is 5.97 Å². The van der Waals surface area contributed by atoms with E-state index in [-0.39, 0.29) is 0 Å². The number of ether oxygens (including phenoxy) is 1. The minimum Gasteiger partial charge on any atom is -0.468 e. The highest BCUT2D eigenvalue weighted by molar-refractivity contribution is 9.10. The van der Waals surface area contributed by atoms with Gasteiger partial charge in [0.25, 0.3) is 0 Å². The highest BCUT2D eigenvalue weighted by Crippen LogP contribution is 2.09. The van der Waals surface area contributed by atoms with Gasteiger partial charge in [-0.1, -0.05) is 0 Å². The molecule has 1 rings (SSSR count). The van der Waals surface area contributed by atoms with Gasteiger partial charge in [0.2, 0.25) is 0 Å². The molecule has 1 unspecified atom stereocenters. The van der Waals surface area contributed by atoms with Gasteiger partial charge in [-0.15, -0.1) is 11.6 Å². The van der Waals surface area contributed by atoms with Gasteiger partial charge in [-0.3, -0.25) is 9.78 Å². The lowest BCUT2D eigenvalue weighted by Crippen LogP contribution is -2.29. The number of hydrogen-bond donors (Lipinski definition) is 1. The monoisotopic (exact) mass is 306 g/mol. The van der Waals surface area contributed by atoms with Gasteiger partial charge in [-0.25, -0.2) is 0 Å². The van der Waals surface area contributed by atoms with Gasteiger partial charge in [0.05, 0.1) is 7.11 Å².